The third kappa shape index (κ3) is 2.40. The highest BCUT2D eigenvalue weighted by atomic mass is 16.3. The Balaban J connectivity index is 3.56. The molecule has 1 heteroatoms. The molecule has 0 saturated heterocycles. The van der Waals surface area contributed by atoms with Gasteiger partial charge in [-0.15, -0.1) is 0 Å². The van der Waals surface area contributed by atoms with Gasteiger partial charge in [0.1, 0.15) is 6.10 Å². The molecule has 0 aliphatic rings. The Morgan fingerprint density at radius 3 is 2.14 bits per heavy atom. The van der Waals surface area contributed by atoms with Crippen LogP contribution in [0.1, 0.15) is 20.8 Å². The lowest BCUT2D eigenvalue weighted by atomic mass is 10.2. The second-order valence-electron chi connectivity index (χ2n) is 1.67. The maximum absolute atomic E-state index is 10.4. The fourth-order valence-corrected chi connectivity index (χ4v) is 0.235. The number of hydrogen-bond donors (Lipinski definition) is 0. The third-order valence-corrected chi connectivity index (χ3v) is 1.10. The van der Waals surface area contributed by atoms with Gasteiger partial charge in [-0.1, -0.05) is 6.08 Å². The molecule has 41 valence electrons. The van der Waals surface area contributed by atoms with E-state index in [4.69, 9.17) is 0 Å². The number of allylic oxidation sites excluding steroid dienone is 1. The molecule has 0 rings (SSSR count). The van der Waals surface area contributed by atoms with Crippen molar-refractivity contribution in [3.8, 4) is 0 Å². The van der Waals surface area contributed by atoms with E-state index in [2.05, 4.69) is 0 Å². The van der Waals surface area contributed by atoms with Gasteiger partial charge < -0.3 is 0 Å². The number of rotatable bonds is 1. The SMILES string of the molecule is C/C=C(\C)C(C)[O]. The fourth-order valence-electron chi connectivity index (χ4n) is 0.235. The Labute approximate surface area is 44.7 Å². The maximum atomic E-state index is 10.4. The van der Waals surface area contributed by atoms with Gasteiger partial charge >= 0.3 is 0 Å². The van der Waals surface area contributed by atoms with Gasteiger partial charge in [-0.05, 0) is 26.3 Å². The van der Waals surface area contributed by atoms with Crippen LogP contribution in [0.5, 0.6) is 0 Å². The van der Waals surface area contributed by atoms with Crippen molar-refractivity contribution in [2.24, 2.45) is 0 Å². The summed E-state index contributed by atoms with van der Waals surface area (Å²) in [6.45, 7) is 5.37. The lowest BCUT2D eigenvalue weighted by molar-refractivity contribution is 0.136. The average Bonchev–Trinajstić information content (AvgIpc) is 1.65. The zero-order chi connectivity index (χ0) is 5.86. The smallest absolute Gasteiger partial charge is 0.111 e. The summed E-state index contributed by atoms with van der Waals surface area (Å²) < 4.78 is 0. The topological polar surface area (TPSA) is 19.9 Å². The molecule has 0 fully saturated rings. The quantitative estimate of drug-likeness (QED) is 0.446. The van der Waals surface area contributed by atoms with Gasteiger partial charge in [0, 0.05) is 0 Å². The van der Waals surface area contributed by atoms with Crippen LogP contribution in [0.25, 0.3) is 0 Å². The zero-order valence-corrected chi connectivity index (χ0v) is 5.06. The molecule has 0 spiro atoms. The highest BCUT2D eigenvalue weighted by molar-refractivity contribution is 4.99. The zero-order valence-electron chi connectivity index (χ0n) is 5.06. The first-order valence-corrected chi connectivity index (χ1v) is 2.47. The molecule has 0 heterocycles. The van der Waals surface area contributed by atoms with E-state index in [1.165, 1.54) is 0 Å². The minimum atomic E-state index is -0.523. The molecular formula is C6H11O. The summed E-state index contributed by atoms with van der Waals surface area (Å²) in [6, 6.07) is 0. The van der Waals surface area contributed by atoms with E-state index in [0.29, 0.717) is 0 Å². The predicted molar refractivity (Wildman–Crippen MR) is 29.6 cm³/mol. The lowest BCUT2D eigenvalue weighted by Crippen LogP contribution is -1.96. The van der Waals surface area contributed by atoms with E-state index in [-0.39, 0.29) is 0 Å². The molecule has 0 bridgehead atoms. The Morgan fingerprint density at radius 2 is 2.14 bits per heavy atom. The summed E-state index contributed by atoms with van der Waals surface area (Å²) in [5.74, 6) is 0. The molecule has 1 radical (unpaired) electrons. The fraction of sp³-hybridized carbons (Fsp3) is 0.667. The Bertz CT molecular complexity index is 72.2. The van der Waals surface area contributed by atoms with Crippen molar-refractivity contribution in [3.63, 3.8) is 0 Å². The van der Waals surface area contributed by atoms with Gasteiger partial charge in [-0.2, -0.15) is 0 Å². The monoisotopic (exact) mass is 99.1 g/mol. The molecule has 1 unspecified atom stereocenters. The molecule has 0 amide bonds. The Hall–Kier alpha value is -0.300. The van der Waals surface area contributed by atoms with Gasteiger partial charge in [0.05, 0.1) is 0 Å². The van der Waals surface area contributed by atoms with Gasteiger partial charge in [0.15, 0.2) is 0 Å². The van der Waals surface area contributed by atoms with Crippen LogP contribution in [-0.2, 0) is 5.11 Å². The van der Waals surface area contributed by atoms with Crippen LogP contribution in [0.4, 0.5) is 0 Å². The van der Waals surface area contributed by atoms with Crippen molar-refractivity contribution in [1.82, 2.24) is 0 Å². The van der Waals surface area contributed by atoms with Crippen LogP contribution in [0.15, 0.2) is 11.6 Å². The van der Waals surface area contributed by atoms with E-state index < -0.39 is 6.10 Å². The van der Waals surface area contributed by atoms with E-state index in [9.17, 15) is 5.11 Å². The maximum Gasteiger partial charge on any atom is 0.111 e. The van der Waals surface area contributed by atoms with Crippen LogP contribution in [-0.4, -0.2) is 6.10 Å². The predicted octanol–water partition coefficient (Wildman–Crippen LogP) is 1.77. The summed E-state index contributed by atoms with van der Waals surface area (Å²) in [7, 11) is 0. The van der Waals surface area contributed by atoms with Gasteiger partial charge in [-0.25, -0.2) is 5.11 Å². The number of hydrogen-bond acceptors (Lipinski definition) is 0. The van der Waals surface area contributed by atoms with Crippen molar-refractivity contribution in [2.45, 2.75) is 26.9 Å². The summed E-state index contributed by atoms with van der Waals surface area (Å²) in [5, 5.41) is 10.4. The molecule has 0 aromatic heterocycles. The molecule has 1 atom stereocenters. The molecule has 0 aliphatic heterocycles. The molecule has 0 saturated carbocycles. The summed E-state index contributed by atoms with van der Waals surface area (Å²) in [4.78, 5) is 0. The van der Waals surface area contributed by atoms with Crippen molar-refractivity contribution in [3.05, 3.63) is 11.6 Å². The molecule has 0 aromatic rings. The summed E-state index contributed by atoms with van der Waals surface area (Å²) in [5.41, 5.74) is 0.917. The standard InChI is InChI=1S/C6H11O/c1-4-5(2)6(3)7/h4,6H,1-3H3/b5-4+. The van der Waals surface area contributed by atoms with Crippen molar-refractivity contribution >= 4 is 0 Å². The van der Waals surface area contributed by atoms with Crippen LogP contribution >= 0.6 is 0 Å². The van der Waals surface area contributed by atoms with Gasteiger partial charge in [0.2, 0.25) is 0 Å². The second-order valence-corrected chi connectivity index (χ2v) is 1.67. The van der Waals surface area contributed by atoms with Crippen LogP contribution in [0.2, 0.25) is 0 Å². The van der Waals surface area contributed by atoms with Gasteiger partial charge in [0.25, 0.3) is 0 Å². The molecule has 0 aliphatic carbocycles. The van der Waals surface area contributed by atoms with Crippen LogP contribution in [0.3, 0.4) is 0 Å². The Morgan fingerprint density at radius 1 is 1.71 bits per heavy atom. The third-order valence-electron chi connectivity index (χ3n) is 1.10. The summed E-state index contributed by atoms with van der Waals surface area (Å²) in [6.07, 6.45) is 1.32. The molecule has 1 nitrogen and oxygen atoms in total. The largest absolute Gasteiger partial charge is 0.229 e. The van der Waals surface area contributed by atoms with Crippen molar-refractivity contribution in [2.75, 3.05) is 0 Å². The second kappa shape index (κ2) is 2.80. The van der Waals surface area contributed by atoms with Crippen molar-refractivity contribution < 1.29 is 5.11 Å². The molecular weight excluding hydrogens is 88.1 g/mol. The highest BCUT2D eigenvalue weighted by Crippen LogP contribution is 1.97. The van der Waals surface area contributed by atoms with Crippen molar-refractivity contribution in [1.29, 1.82) is 0 Å². The first-order chi connectivity index (χ1) is 3.18. The molecule has 0 aromatic carbocycles. The van der Waals surface area contributed by atoms with E-state index in [1.807, 2.05) is 19.9 Å². The van der Waals surface area contributed by atoms with Crippen LogP contribution in [0, 0.1) is 0 Å². The normalized spacial score (nSPS) is 16.9. The van der Waals surface area contributed by atoms with Gasteiger partial charge in [-0.3, -0.25) is 0 Å². The van der Waals surface area contributed by atoms with E-state index in [1.54, 1.807) is 6.92 Å². The molecule has 0 N–H and O–H groups in total. The Kier molecular flexibility index (Phi) is 2.68. The minimum absolute atomic E-state index is 0.523. The first-order valence-electron chi connectivity index (χ1n) is 2.47. The minimum Gasteiger partial charge on any atom is -0.229 e. The van der Waals surface area contributed by atoms with Crippen LogP contribution < -0.4 is 0 Å². The van der Waals surface area contributed by atoms with E-state index >= 15 is 0 Å². The van der Waals surface area contributed by atoms with E-state index in [0.717, 1.165) is 5.57 Å². The molecule has 7 heavy (non-hydrogen) atoms. The summed E-state index contributed by atoms with van der Waals surface area (Å²) >= 11 is 0. The highest BCUT2D eigenvalue weighted by Gasteiger charge is 1.95. The average molecular weight is 99.2 g/mol. The lowest BCUT2D eigenvalue weighted by Gasteiger charge is -1.96. The first kappa shape index (κ1) is 6.70.